The van der Waals surface area contributed by atoms with E-state index in [2.05, 4.69) is 40.1 Å². The Morgan fingerprint density at radius 3 is 2.55 bits per heavy atom. The average molecular weight is 438 g/mol. The third kappa shape index (κ3) is 4.26. The van der Waals surface area contributed by atoms with Gasteiger partial charge in [-0.25, -0.2) is 0 Å². The van der Waals surface area contributed by atoms with Crippen molar-refractivity contribution in [3.8, 4) is 0 Å². The summed E-state index contributed by atoms with van der Waals surface area (Å²) in [6.45, 7) is 8.53. The van der Waals surface area contributed by atoms with Crippen molar-refractivity contribution >= 4 is 40.4 Å². The Balaban J connectivity index is 1.55. The number of amides is 1. The standard InChI is InChI=1S/C23H27N5O2S/c1-4-28-22(30)18-7-5-16(14-19(18)25-23(28)31)21(29)24-17-6-8-20(15(2)13-17)27-11-9-26(3)10-12-27/h5-8,13-14H,4,9-12H2,1-3H3,(H,24,29)(H,25,31). The summed E-state index contributed by atoms with van der Waals surface area (Å²) in [4.78, 5) is 33.1. The number of piperazine rings is 1. The highest BCUT2D eigenvalue weighted by atomic mass is 32.1. The normalized spacial score (nSPS) is 14.7. The largest absolute Gasteiger partial charge is 0.369 e. The molecule has 0 bridgehead atoms. The molecule has 1 aliphatic heterocycles. The van der Waals surface area contributed by atoms with Crippen LogP contribution in [0.2, 0.25) is 0 Å². The third-order valence-electron chi connectivity index (χ3n) is 5.86. The van der Waals surface area contributed by atoms with Crippen molar-refractivity contribution in [3.63, 3.8) is 0 Å². The van der Waals surface area contributed by atoms with Crippen LogP contribution in [0, 0.1) is 11.7 Å². The van der Waals surface area contributed by atoms with Gasteiger partial charge in [-0.3, -0.25) is 14.2 Å². The molecule has 31 heavy (non-hydrogen) atoms. The SMILES string of the molecule is CCn1c(=S)[nH]c2cc(C(=O)Nc3ccc(N4CCN(C)CC4)c(C)c3)ccc2c1=O. The Labute approximate surface area is 186 Å². The first kappa shape index (κ1) is 21.3. The zero-order valence-electron chi connectivity index (χ0n) is 18.1. The highest BCUT2D eigenvalue weighted by molar-refractivity contribution is 7.71. The van der Waals surface area contributed by atoms with E-state index < -0.39 is 0 Å². The number of H-pyrrole nitrogens is 1. The van der Waals surface area contributed by atoms with Crippen LogP contribution in [-0.4, -0.2) is 53.6 Å². The van der Waals surface area contributed by atoms with Gasteiger partial charge in [-0.15, -0.1) is 0 Å². The van der Waals surface area contributed by atoms with Gasteiger partial charge >= 0.3 is 0 Å². The maximum atomic E-state index is 12.8. The first-order valence-corrected chi connectivity index (χ1v) is 10.9. The van der Waals surface area contributed by atoms with Crippen molar-refractivity contribution in [2.24, 2.45) is 0 Å². The van der Waals surface area contributed by atoms with E-state index >= 15 is 0 Å². The lowest BCUT2D eigenvalue weighted by Crippen LogP contribution is -2.44. The number of aryl methyl sites for hydroxylation is 1. The van der Waals surface area contributed by atoms with E-state index in [4.69, 9.17) is 12.2 Å². The molecule has 1 amide bonds. The van der Waals surface area contributed by atoms with E-state index in [0.717, 1.165) is 37.4 Å². The summed E-state index contributed by atoms with van der Waals surface area (Å²) in [5, 5.41) is 3.48. The summed E-state index contributed by atoms with van der Waals surface area (Å²) in [6, 6.07) is 11.0. The zero-order valence-corrected chi connectivity index (χ0v) is 18.9. The zero-order chi connectivity index (χ0) is 22.1. The second-order valence-electron chi connectivity index (χ2n) is 7.99. The summed E-state index contributed by atoms with van der Waals surface area (Å²) in [7, 11) is 2.14. The molecule has 1 saturated heterocycles. The van der Waals surface area contributed by atoms with Gasteiger partial charge in [0, 0.05) is 49.7 Å². The number of nitrogens with one attached hydrogen (secondary N) is 2. The third-order valence-corrected chi connectivity index (χ3v) is 6.18. The molecule has 1 aromatic heterocycles. The highest BCUT2D eigenvalue weighted by Crippen LogP contribution is 2.25. The Kier molecular flexibility index (Phi) is 5.93. The monoisotopic (exact) mass is 437 g/mol. The maximum absolute atomic E-state index is 12.8. The number of carbonyl (C=O) groups excluding carboxylic acids is 1. The van der Waals surface area contributed by atoms with Crippen LogP contribution in [0.5, 0.6) is 0 Å². The summed E-state index contributed by atoms with van der Waals surface area (Å²) in [5.41, 5.74) is 3.96. The van der Waals surface area contributed by atoms with Gasteiger partial charge < -0.3 is 20.1 Å². The van der Waals surface area contributed by atoms with Crippen LogP contribution in [-0.2, 0) is 6.54 Å². The fourth-order valence-electron chi connectivity index (χ4n) is 4.02. The van der Waals surface area contributed by atoms with Crippen LogP contribution in [0.3, 0.4) is 0 Å². The number of likely N-dealkylation sites (N-methyl/N-ethyl adjacent to an activating group) is 1. The van der Waals surface area contributed by atoms with Gasteiger partial charge in [0.15, 0.2) is 4.77 Å². The number of nitrogens with zero attached hydrogens (tertiary/aromatic N) is 3. The van der Waals surface area contributed by atoms with E-state index in [-0.39, 0.29) is 11.5 Å². The molecule has 0 saturated carbocycles. The smallest absolute Gasteiger partial charge is 0.262 e. The Bertz CT molecular complexity index is 1260. The molecule has 2 aromatic carbocycles. The molecule has 0 radical (unpaired) electrons. The van der Waals surface area contributed by atoms with Crippen LogP contribution >= 0.6 is 12.2 Å². The van der Waals surface area contributed by atoms with Crippen LogP contribution in [0.15, 0.2) is 41.2 Å². The van der Waals surface area contributed by atoms with Gasteiger partial charge in [-0.05, 0) is 75.1 Å². The molecule has 0 spiro atoms. The van der Waals surface area contributed by atoms with Gasteiger partial charge in [0.25, 0.3) is 11.5 Å². The first-order valence-electron chi connectivity index (χ1n) is 10.5. The van der Waals surface area contributed by atoms with Crippen molar-refractivity contribution in [1.29, 1.82) is 0 Å². The van der Waals surface area contributed by atoms with Crippen LogP contribution < -0.4 is 15.8 Å². The Morgan fingerprint density at radius 2 is 1.87 bits per heavy atom. The molecular formula is C23H27N5O2S. The molecule has 1 aliphatic rings. The minimum absolute atomic E-state index is 0.150. The lowest BCUT2D eigenvalue weighted by molar-refractivity contribution is 0.102. The van der Waals surface area contributed by atoms with Crippen molar-refractivity contribution in [3.05, 3.63) is 62.6 Å². The average Bonchev–Trinajstić information content (AvgIpc) is 2.74. The van der Waals surface area contributed by atoms with Crippen LogP contribution in [0.25, 0.3) is 10.9 Å². The number of hydrogen-bond acceptors (Lipinski definition) is 5. The summed E-state index contributed by atoms with van der Waals surface area (Å²) >= 11 is 5.27. The molecule has 0 atom stereocenters. The first-order chi connectivity index (χ1) is 14.9. The Hall–Kier alpha value is -2.97. The van der Waals surface area contributed by atoms with E-state index in [0.29, 0.717) is 27.8 Å². The minimum atomic E-state index is -0.229. The molecule has 1 fully saturated rings. The molecule has 2 N–H and O–H groups in total. The fraction of sp³-hybridized carbons (Fsp3) is 0.348. The maximum Gasteiger partial charge on any atom is 0.262 e. The predicted molar refractivity (Wildman–Crippen MR) is 128 cm³/mol. The van der Waals surface area contributed by atoms with Crippen molar-refractivity contribution < 1.29 is 4.79 Å². The van der Waals surface area contributed by atoms with Gasteiger partial charge in [0.1, 0.15) is 0 Å². The molecule has 4 rings (SSSR count). The van der Waals surface area contributed by atoms with E-state index in [1.807, 2.05) is 19.1 Å². The molecule has 7 nitrogen and oxygen atoms in total. The van der Waals surface area contributed by atoms with E-state index in [9.17, 15) is 9.59 Å². The number of anilines is 2. The lowest BCUT2D eigenvalue weighted by atomic mass is 10.1. The number of aromatic nitrogens is 2. The number of fused-ring (bicyclic) bond motifs is 1. The van der Waals surface area contributed by atoms with Gasteiger partial charge in [0.2, 0.25) is 0 Å². The topological polar surface area (TPSA) is 73.4 Å². The number of rotatable bonds is 4. The Morgan fingerprint density at radius 1 is 1.13 bits per heavy atom. The van der Waals surface area contributed by atoms with Gasteiger partial charge in [-0.2, -0.15) is 0 Å². The second kappa shape index (κ2) is 8.64. The van der Waals surface area contributed by atoms with Crippen LogP contribution in [0.4, 0.5) is 11.4 Å². The number of hydrogen-bond donors (Lipinski definition) is 2. The van der Waals surface area contributed by atoms with E-state index in [1.165, 1.54) is 10.3 Å². The van der Waals surface area contributed by atoms with Gasteiger partial charge in [-0.1, -0.05) is 0 Å². The molecule has 162 valence electrons. The van der Waals surface area contributed by atoms with Crippen LogP contribution in [0.1, 0.15) is 22.8 Å². The minimum Gasteiger partial charge on any atom is -0.369 e. The second-order valence-corrected chi connectivity index (χ2v) is 8.37. The number of benzene rings is 2. The summed E-state index contributed by atoms with van der Waals surface area (Å²) in [6.07, 6.45) is 0. The summed E-state index contributed by atoms with van der Waals surface area (Å²) < 4.78 is 1.86. The number of aromatic amines is 1. The molecular weight excluding hydrogens is 410 g/mol. The lowest BCUT2D eigenvalue weighted by Gasteiger charge is -2.35. The van der Waals surface area contributed by atoms with Crippen molar-refractivity contribution in [2.45, 2.75) is 20.4 Å². The number of carbonyl (C=O) groups is 1. The van der Waals surface area contributed by atoms with Crippen molar-refractivity contribution in [2.75, 3.05) is 43.4 Å². The molecule has 2 heterocycles. The molecule has 8 heteroatoms. The van der Waals surface area contributed by atoms with Gasteiger partial charge in [0.05, 0.1) is 10.9 Å². The molecule has 0 unspecified atom stereocenters. The summed E-state index contributed by atoms with van der Waals surface area (Å²) in [5.74, 6) is -0.229. The fourth-order valence-corrected chi connectivity index (χ4v) is 4.34. The quantitative estimate of drug-likeness (QED) is 0.612. The highest BCUT2D eigenvalue weighted by Gasteiger charge is 2.16. The van der Waals surface area contributed by atoms with Crippen molar-refractivity contribution in [1.82, 2.24) is 14.5 Å². The molecule has 3 aromatic rings. The van der Waals surface area contributed by atoms with E-state index in [1.54, 1.807) is 18.2 Å². The molecule has 0 aliphatic carbocycles. The predicted octanol–water partition coefficient (Wildman–Crippen LogP) is 3.39.